The molecule has 0 aliphatic rings. The fraction of sp³-hybridized carbons (Fsp3) is 0.909. The highest BCUT2D eigenvalue weighted by molar-refractivity contribution is 8.01. The minimum absolute atomic E-state index is 0.120. The SMILES string of the molecule is CC(CCN)SC(C)C(=O)OC(C)(C)C. The van der Waals surface area contributed by atoms with Gasteiger partial charge in [-0.2, -0.15) is 0 Å². The van der Waals surface area contributed by atoms with Gasteiger partial charge in [-0.05, 0) is 40.7 Å². The molecule has 2 N–H and O–H groups in total. The monoisotopic (exact) mass is 233 g/mol. The second kappa shape index (κ2) is 6.38. The van der Waals surface area contributed by atoms with Crippen LogP contribution < -0.4 is 5.73 Å². The fourth-order valence-corrected chi connectivity index (χ4v) is 2.22. The third-order valence-electron chi connectivity index (χ3n) is 1.75. The van der Waals surface area contributed by atoms with E-state index in [1.807, 2.05) is 27.7 Å². The Morgan fingerprint density at radius 2 is 1.93 bits per heavy atom. The first-order valence-electron chi connectivity index (χ1n) is 5.34. The van der Waals surface area contributed by atoms with E-state index in [9.17, 15) is 4.79 Å². The highest BCUT2D eigenvalue weighted by Gasteiger charge is 2.23. The van der Waals surface area contributed by atoms with Crippen LogP contribution in [0.5, 0.6) is 0 Å². The Balaban J connectivity index is 3.99. The maximum Gasteiger partial charge on any atom is 0.319 e. The quantitative estimate of drug-likeness (QED) is 0.740. The zero-order valence-electron chi connectivity index (χ0n) is 10.4. The molecule has 0 heterocycles. The number of carbonyl (C=O) groups excluding carboxylic acids is 1. The maximum atomic E-state index is 11.6. The lowest BCUT2D eigenvalue weighted by Crippen LogP contribution is -2.29. The summed E-state index contributed by atoms with van der Waals surface area (Å²) in [7, 11) is 0. The predicted octanol–water partition coefficient (Wildman–Crippen LogP) is 2.19. The molecule has 0 aliphatic heterocycles. The molecule has 0 aromatic carbocycles. The zero-order valence-corrected chi connectivity index (χ0v) is 11.2. The van der Waals surface area contributed by atoms with Crippen LogP contribution in [0.15, 0.2) is 0 Å². The van der Waals surface area contributed by atoms with E-state index in [0.717, 1.165) is 6.42 Å². The van der Waals surface area contributed by atoms with E-state index >= 15 is 0 Å². The van der Waals surface area contributed by atoms with Gasteiger partial charge >= 0.3 is 5.97 Å². The molecule has 0 aromatic heterocycles. The van der Waals surface area contributed by atoms with Gasteiger partial charge in [-0.3, -0.25) is 4.79 Å². The molecule has 2 unspecified atom stereocenters. The average molecular weight is 233 g/mol. The molecular weight excluding hydrogens is 210 g/mol. The Hall–Kier alpha value is -0.220. The van der Waals surface area contributed by atoms with Crippen LogP contribution in [-0.4, -0.2) is 28.6 Å². The van der Waals surface area contributed by atoms with Crippen molar-refractivity contribution < 1.29 is 9.53 Å². The minimum Gasteiger partial charge on any atom is -0.459 e. The van der Waals surface area contributed by atoms with Crippen LogP contribution in [0.4, 0.5) is 0 Å². The molecule has 0 radical (unpaired) electrons. The molecule has 0 aliphatic carbocycles. The van der Waals surface area contributed by atoms with E-state index in [0.29, 0.717) is 11.8 Å². The van der Waals surface area contributed by atoms with Crippen LogP contribution in [0.1, 0.15) is 41.0 Å². The Bertz CT molecular complexity index is 201. The van der Waals surface area contributed by atoms with Crippen molar-refractivity contribution in [2.24, 2.45) is 5.73 Å². The molecule has 0 fully saturated rings. The summed E-state index contributed by atoms with van der Waals surface area (Å²) >= 11 is 1.62. The van der Waals surface area contributed by atoms with E-state index in [1.54, 1.807) is 11.8 Å². The normalized spacial score (nSPS) is 15.9. The summed E-state index contributed by atoms with van der Waals surface area (Å²) in [6.45, 7) is 10.3. The number of thioether (sulfide) groups is 1. The second-order valence-electron chi connectivity index (χ2n) is 4.70. The minimum atomic E-state index is -0.400. The first kappa shape index (κ1) is 14.8. The first-order valence-corrected chi connectivity index (χ1v) is 6.29. The van der Waals surface area contributed by atoms with Crippen LogP contribution in [0.3, 0.4) is 0 Å². The second-order valence-corrected chi connectivity index (χ2v) is 6.48. The Morgan fingerprint density at radius 1 is 1.40 bits per heavy atom. The van der Waals surface area contributed by atoms with Gasteiger partial charge in [-0.25, -0.2) is 0 Å². The Morgan fingerprint density at radius 3 is 2.33 bits per heavy atom. The molecule has 0 saturated carbocycles. The summed E-state index contributed by atoms with van der Waals surface area (Å²) < 4.78 is 5.29. The van der Waals surface area contributed by atoms with Crippen molar-refractivity contribution in [1.29, 1.82) is 0 Å². The van der Waals surface area contributed by atoms with Crippen LogP contribution in [0.2, 0.25) is 0 Å². The number of rotatable bonds is 5. The van der Waals surface area contributed by atoms with Gasteiger partial charge < -0.3 is 10.5 Å². The Labute approximate surface area is 97.1 Å². The lowest BCUT2D eigenvalue weighted by molar-refractivity contribution is -0.153. The van der Waals surface area contributed by atoms with Crippen molar-refractivity contribution in [2.45, 2.75) is 57.1 Å². The molecule has 0 saturated heterocycles. The van der Waals surface area contributed by atoms with E-state index in [1.165, 1.54) is 0 Å². The average Bonchev–Trinajstić information content (AvgIpc) is 2.00. The summed E-state index contributed by atoms with van der Waals surface area (Å²) in [5, 5.41) is 0.281. The largest absolute Gasteiger partial charge is 0.459 e. The first-order chi connectivity index (χ1) is 6.76. The molecular formula is C11H23NO2S. The summed E-state index contributed by atoms with van der Waals surface area (Å²) in [5.41, 5.74) is 5.05. The summed E-state index contributed by atoms with van der Waals surface area (Å²) in [4.78, 5) is 11.6. The van der Waals surface area contributed by atoms with Gasteiger partial charge in [-0.1, -0.05) is 6.92 Å². The molecule has 90 valence electrons. The van der Waals surface area contributed by atoms with Gasteiger partial charge in [0.2, 0.25) is 0 Å². The van der Waals surface area contributed by atoms with Gasteiger partial charge in [0.1, 0.15) is 5.60 Å². The smallest absolute Gasteiger partial charge is 0.319 e. The van der Waals surface area contributed by atoms with Crippen molar-refractivity contribution >= 4 is 17.7 Å². The summed E-state index contributed by atoms with van der Waals surface area (Å²) in [5.74, 6) is -0.142. The number of carbonyl (C=O) groups is 1. The van der Waals surface area contributed by atoms with Crippen LogP contribution in [-0.2, 0) is 9.53 Å². The van der Waals surface area contributed by atoms with E-state index in [-0.39, 0.29) is 11.2 Å². The Kier molecular flexibility index (Phi) is 6.29. The number of esters is 1. The lowest BCUT2D eigenvalue weighted by atomic mass is 10.2. The van der Waals surface area contributed by atoms with Crippen molar-refractivity contribution in [3.05, 3.63) is 0 Å². The van der Waals surface area contributed by atoms with Gasteiger partial charge in [0.05, 0.1) is 5.25 Å². The standard InChI is InChI=1S/C11H23NO2S/c1-8(6-7-12)15-9(2)10(13)14-11(3,4)5/h8-9H,6-7,12H2,1-5H3. The van der Waals surface area contributed by atoms with Crippen LogP contribution in [0, 0.1) is 0 Å². The molecule has 2 atom stereocenters. The lowest BCUT2D eigenvalue weighted by Gasteiger charge is -2.23. The number of ether oxygens (including phenoxy) is 1. The maximum absolute atomic E-state index is 11.6. The van der Waals surface area contributed by atoms with Crippen molar-refractivity contribution in [1.82, 2.24) is 0 Å². The van der Waals surface area contributed by atoms with Gasteiger partial charge in [0.25, 0.3) is 0 Å². The van der Waals surface area contributed by atoms with E-state index < -0.39 is 5.60 Å². The van der Waals surface area contributed by atoms with E-state index in [4.69, 9.17) is 10.5 Å². The molecule has 0 rings (SSSR count). The molecule has 3 nitrogen and oxygen atoms in total. The zero-order chi connectivity index (χ0) is 12.1. The fourth-order valence-electron chi connectivity index (χ4n) is 1.09. The summed E-state index contributed by atoms with van der Waals surface area (Å²) in [6.07, 6.45) is 0.928. The molecule has 0 amide bonds. The third kappa shape index (κ3) is 7.68. The van der Waals surface area contributed by atoms with Gasteiger partial charge in [-0.15, -0.1) is 11.8 Å². The van der Waals surface area contributed by atoms with Crippen molar-refractivity contribution in [2.75, 3.05) is 6.54 Å². The van der Waals surface area contributed by atoms with Crippen molar-refractivity contribution in [3.8, 4) is 0 Å². The number of hydrogen-bond donors (Lipinski definition) is 1. The van der Waals surface area contributed by atoms with Gasteiger partial charge in [0, 0.05) is 5.25 Å². The molecule has 0 spiro atoms. The number of hydrogen-bond acceptors (Lipinski definition) is 4. The molecule has 0 aromatic rings. The van der Waals surface area contributed by atoms with Gasteiger partial charge in [0.15, 0.2) is 0 Å². The summed E-state index contributed by atoms with van der Waals surface area (Å²) in [6, 6.07) is 0. The highest BCUT2D eigenvalue weighted by Crippen LogP contribution is 2.22. The van der Waals surface area contributed by atoms with Crippen LogP contribution >= 0.6 is 11.8 Å². The topological polar surface area (TPSA) is 52.3 Å². The highest BCUT2D eigenvalue weighted by atomic mass is 32.2. The molecule has 4 heteroatoms. The van der Waals surface area contributed by atoms with Crippen LogP contribution in [0.25, 0.3) is 0 Å². The molecule has 15 heavy (non-hydrogen) atoms. The van der Waals surface area contributed by atoms with Crippen molar-refractivity contribution in [3.63, 3.8) is 0 Å². The van der Waals surface area contributed by atoms with E-state index in [2.05, 4.69) is 6.92 Å². The third-order valence-corrected chi connectivity index (χ3v) is 3.05. The number of nitrogens with two attached hydrogens (primary N) is 1. The molecule has 0 bridgehead atoms. The predicted molar refractivity (Wildman–Crippen MR) is 66.0 cm³/mol.